The Kier molecular flexibility index (Phi) is 5.88. The molecule has 0 bridgehead atoms. The van der Waals surface area contributed by atoms with Crippen molar-refractivity contribution < 1.29 is 14.2 Å². The van der Waals surface area contributed by atoms with Gasteiger partial charge in [0.05, 0.1) is 26.4 Å². The molecule has 0 spiro atoms. The van der Waals surface area contributed by atoms with Crippen molar-refractivity contribution in [3.63, 3.8) is 0 Å². The summed E-state index contributed by atoms with van der Waals surface area (Å²) in [6.45, 7) is 5.27. The van der Waals surface area contributed by atoms with Crippen LogP contribution in [0.4, 0.5) is 0 Å². The molecule has 21 heavy (non-hydrogen) atoms. The van der Waals surface area contributed by atoms with Crippen LogP contribution >= 0.6 is 0 Å². The normalized spacial score (nSPS) is 25.6. The van der Waals surface area contributed by atoms with Gasteiger partial charge in [0.25, 0.3) is 0 Å². The molecule has 1 aromatic carbocycles. The van der Waals surface area contributed by atoms with Gasteiger partial charge in [-0.25, -0.2) is 0 Å². The number of methoxy groups -OCH3 is 2. The van der Waals surface area contributed by atoms with Crippen molar-refractivity contribution in [1.82, 2.24) is 5.32 Å². The first-order valence-electron chi connectivity index (χ1n) is 7.72. The van der Waals surface area contributed by atoms with Gasteiger partial charge in [-0.05, 0) is 57.4 Å². The molecule has 2 atom stereocenters. The van der Waals surface area contributed by atoms with Crippen molar-refractivity contribution in [1.29, 1.82) is 0 Å². The monoisotopic (exact) mass is 293 g/mol. The van der Waals surface area contributed by atoms with Gasteiger partial charge in [-0.1, -0.05) is 6.07 Å². The van der Waals surface area contributed by atoms with Gasteiger partial charge in [-0.15, -0.1) is 0 Å². The summed E-state index contributed by atoms with van der Waals surface area (Å²) in [7, 11) is 3.33. The molecule has 0 saturated carbocycles. The van der Waals surface area contributed by atoms with Crippen LogP contribution < -0.4 is 14.8 Å². The van der Waals surface area contributed by atoms with Crippen LogP contribution in [-0.4, -0.2) is 39.0 Å². The van der Waals surface area contributed by atoms with Crippen LogP contribution in [0.2, 0.25) is 0 Å². The summed E-state index contributed by atoms with van der Waals surface area (Å²) in [5.74, 6) is 1.57. The van der Waals surface area contributed by atoms with Gasteiger partial charge in [-0.2, -0.15) is 0 Å². The maximum atomic E-state index is 5.77. The van der Waals surface area contributed by atoms with E-state index in [-0.39, 0.29) is 0 Å². The molecule has 1 N–H and O–H groups in total. The molecule has 1 aliphatic heterocycles. The number of benzene rings is 1. The summed E-state index contributed by atoms with van der Waals surface area (Å²) < 4.78 is 16.4. The average molecular weight is 293 g/mol. The van der Waals surface area contributed by atoms with E-state index in [4.69, 9.17) is 14.2 Å². The summed E-state index contributed by atoms with van der Waals surface area (Å²) in [4.78, 5) is 0. The Labute approximate surface area is 127 Å². The highest BCUT2D eigenvalue weighted by molar-refractivity contribution is 5.42. The van der Waals surface area contributed by atoms with E-state index in [1.165, 1.54) is 5.56 Å². The minimum atomic E-state index is 0.354. The van der Waals surface area contributed by atoms with Crippen molar-refractivity contribution in [3.05, 3.63) is 23.8 Å². The molecule has 1 aliphatic rings. The number of ether oxygens (including phenoxy) is 3. The molecule has 1 saturated heterocycles. The predicted octanol–water partition coefficient (Wildman–Crippen LogP) is 2.79. The number of nitrogens with one attached hydrogen (secondary N) is 1. The van der Waals surface area contributed by atoms with Gasteiger partial charge in [0.15, 0.2) is 11.5 Å². The Bertz CT molecular complexity index is 440. The van der Waals surface area contributed by atoms with Crippen LogP contribution in [0.15, 0.2) is 18.2 Å². The minimum Gasteiger partial charge on any atom is -0.493 e. The molecular weight excluding hydrogens is 266 g/mol. The topological polar surface area (TPSA) is 39.7 Å². The van der Waals surface area contributed by atoms with E-state index in [2.05, 4.69) is 31.3 Å². The van der Waals surface area contributed by atoms with Crippen LogP contribution in [0.25, 0.3) is 0 Å². The summed E-state index contributed by atoms with van der Waals surface area (Å²) in [5, 5.41) is 3.64. The Hall–Kier alpha value is -1.26. The van der Waals surface area contributed by atoms with Gasteiger partial charge in [-0.3, -0.25) is 0 Å². The van der Waals surface area contributed by atoms with E-state index >= 15 is 0 Å². The Balaban J connectivity index is 1.83. The zero-order valence-electron chi connectivity index (χ0n) is 13.5. The molecule has 118 valence electrons. The lowest BCUT2D eigenvalue weighted by molar-refractivity contribution is -0.0419. The van der Waals surface area contributed by atoms with E-state index in [9.17, 15) is 0 Å². The number of rotatable bonds is 6. The molecule has 1 heterocycles. The maximum Gasteiger partial charge on any atom is 0.160 e. The number of hydrogen-bond donors (Lipinski definition) is 1. The lowest BCUT2D eigenvalue weighted by Crippen LogP contribution is -2.41. The summed E-state index contributed by atoms with van der Waals surface area (Å²) in [6.07, 6.45) is 3.88. The van der Waals surface area contributed by atoms with Crippen molar-refractivity contribution >= 4 is 0 Å². The second-order valence-electron chi connectivity index (χ2n) is 5.82. The summed E-state index contributed by atoms with van der Waals surface area (Å²) in [5.41, 5.74) is 1.26. The number of hydrogen-bond acceptors (Lipinski definition) is 4. The quantitative estimate of drug-likeness (QED) is 0.875. The molecule has 0 aliphatic carbocycles. The first kappa shape index (κ1) is 16.1. The minimum absolute atomic E-state index is 0.354. The van der Waals surface area contributed by atoms with Gasteiger partial charge in [0, 0.05) is 6.04 Å². The molecule has 2 unspecified atom stereocenters. The molecule has 0 radical (unpaired) electrons. The standard InChI is InChI=1S/C17H27NO3/c1-12-9-15(10-13(2)21-12)18-8-7-14-5-6-16(19-3)17(11-14)20-4/h5-6,11-13,15,18H,7-10H2,1-4H3. The van der Waals surface area contributed by atoms with Crippen LogP contribution in [0, 0.1) is 0 Å². The van der Waals surface area contributed by atoms with E-state index < -0.39 is 0 Å². The molecule has 2 rings (SSSR count). The fraction of sp³-hybridized carbons (Fsp3) is 0.647. The Morgan fingerprint density at radius 2 is 1.76 bits per heavy atom. The third kappa shape index (κ3) is 4.61. The lowest BCUT2D eigenvalue weighted by atomic mass is 9.99. The fourth-order valence-electron chi connectivity index (χ4n) is 3.03. The highest BCUT2D eigenvalue weighted by Gasteiger charge is 2.23. The largest absolute Gasteiger partial charge is 0.493 e. The predicted molar refractivity (Wildman–Crippen MR) is 84.3 cm³/mol. The summed E-state index contributed by atoms with van der Waals surface area (Å²) in [6, 6.07) is 6.67. The zero-order valence-corrected chi connectivity index (χ0v) is 13.5. The molecule has 0 aromatic heterocycles. The van der Waals surface area contributed by atoms with E-state index in [0.717, 1.165) is 37.3 Å². The van der Waals surface area contributed by atoms with Gasteiger partial charge >= 0.3 is 0 Å². The first-order chi connectivity index (χ1) is 10.1. The Morgan fingerprint density at radius 1 is 1.10 bits per heavy atom. The van der Waals surface area contributed by atoms with Gasteiger partial charge in [0.1, 0.15) is 0 Å². The van der Waals surface area contributed by atoms with E-state index in [1.807, 2.05) is 6.07 Å². The zero-order chi connectivity index (χ0) is 15.2. The third-order valence-corrected chi connectivity index (χ3v) is 3.99. The molecular formula is C17H27NO3. The van der Waals surface area contributed by atoms with Crippen molar-refractivity contribution in [2.45, 2.75) is 51.4 Å². The van der Waals surface area contributed by atoms with Crippen molar-refractivity contribution in [2.75, 3.05) is 20.8 Å². The van der Waals surface area contributed by atoms with E-state index in [0.29, 0.717) is 18.2 Å². The van der Waals surface area contributed by atoms with Gasteiger partial charge in [0.2, 0.25) is 0 Å². The van der Waals surface area contributed by atoms with Crippen LogP contribution in [0.1, 0.15) is 32.3 Å². The smallest absolute Gasteiger partial charge is 0.160 e. The first-order valence-corrected chi connectivity index (χ1v) is 7.72. The van der Waals surface area contributed by atoms with Crippen molar-refractivity contribution in [2.24, 2.45) is 0 Å². The maximum absolute atomic E-state index is 5.77. The van der Waals surface area contributed by atoms with Crippen LogP contribution in [-0.2, 0) is 11.2 Å². The fourth-order valence-corrected chi connectivity index (χ4v) is 3.03. The van der Waals surface area contributed by atoms with Crippen LogP contribution in [0.3, 0.4) is 0 Å². The third-order valence-electron chi connectivity index (χ3n) is 3.99. The van der Waals surface area contributed by atoms with Gasteiger partial charge < -0.3 is 19.5 Å². The second kappa shape index (κ2) is 7.66. The van der Waals surface area contributed by atoms with E-state index in [1.54, 1.807) is 14.2 Å². The second-order valence-corrected chi connectivity index (χ2v) is 5.82. The Morgan fingerprint density at radius 3 is 2.38 bits per heavy atom. The summed E-state index contributed by atoms with van der Waals surface area (Å²) >= 11 is 0. The molecule has 1 fully saturated rings. The SMILES string of the molecule is COc1ccc(CCNC2CC(C)OC(C)C2)cc1OC. The molecule has 0 amide bonds. The molecule has 1 aromatic rings. The molecule has 4 nitrogen and oxygen atoms in total. The highest BCUT2D eigenvalue weighted by Crippen LogP contribution is 2.27. The highest BCUT2D eigenvalue weighted by atomic mass is 16.5. The van der Waals surface area contributed by atoms with Crippen LogP contribution in [0.5, 0.6) is 11.5 Å². The van der Waals surface area contributed by atoms with Crippen molar-refractivity contribution in [3.8, 4) is 11.5 Å². The average Bonchev–Trinajstić information content (AvgIpc) is 2.46. The lowest BCUT2D eigenvalue weighted by Gasteiger charge is -2.32. The molecule has 4 heteroatoms.